The first-order chi connectivity index (χ1) is 20.2. The average molecular weight is 586 g/mol. The monoisotopic (exact) mass is 585 g/mol. The van der Waals surface area contributed by atoms with Gasteiger partial charge in [0.15, 0.2) is 0 Å². The summed E-state index contributed by atoms with van der Waals surface area (Å²) in [6.07, 6.45) is -0.467. The number of nitrogens with zero attached hydrogens (tertiary/aromatic N) is 3. The number of hydrogen-bond acceptors (Lipinski definition) is 6. The molecule has 0 bridgehead atoms. The quantitative estimate of drug-likeness (QED) is 0.260. The summed E-state index contributed by atoms with van der Waals surface area (Å²) in [4.78, 5) is 53.1. The molecule has 2 heterocycles. The molecule has 1 saturated heterocycles. The van der Waals surface area contributed by atoms with Crippen molar-refractivity contribution in [2.45, 2.75) is 23.8 Å². The van der Waals surface area contributed by atoms with Gasteiger partial charge >= 0.3 is 5.97 Å². The molecule has 214 valence electrons. The van der Waals surface area contributed by atoms with Crippen LogP contribution in [0.1, 0.15) is 33.6 Å². The lowest BCUT2D eigenvalue weighted by molar-refractivity contribution is -0.142. The van der Waals surface area contributed by atoms with Gasteiger partial charge in [0.1, 0.15) is 6.04 Å². The predicted octanol–water partition coefficient (Wildman–Crippen LogP) is 3.36. The highest BCUT2D eigenvalue weighted by molar-refractivity contribution is 7.89. The van der Waals surface area contributed by atoms with Gasteiger partial charge in [-0.15, -0.1) is 0 Å². The molecular formula is C31H27N3O7S. The summed E-state index contributed by atoms with van der Waals surface area (Å²) in [5, 5.41) is 12.7. The summed E-state index contributed by atoms with van der Waals surface area (Å²) in [6, 6.07) is 21.3. The number of carbonyl (C=O) groups excluding carboxylic acids is 3. The van der Waals surface area contributed by atoms with E-state index >= 15 is 0 Å². The fourth-order valence-electron chi connectivity index (χ4n) is 5.83. The molecule has 4 aromatic carbocycles. The molecule has 0 radical (unpaired) electrons. The minimum Gasteiger partial charge on any atom is -0.480 e. The van der Waals surface area contributed by atoms with Crippen LogP contribution in [0.4, 0.5) is 0 Å². The van der Waals surface area contributed by atoms with Crippen LogP contribution >= 0.6 is 0 Å². The van der Waals surface area contributed by atoms with E-state index < -0.39 is 33.8 Å². The second-order valence-electron chi connectivity index (χ2n) is 10.4. The fourth-order valence-corrected chi connectivity index (χ4v) is 7.66. The van der Waals surface area contributed by atoms with E-state index in [9.17, 15) is 32.7 Å². The second-order valence-corrected chi connectivity index (χ2v) is 12.2. The van der Waals surface area contributed by atoms with Gasteiger partial charge in [0, 0.05) is 43.4 Å². The Bertz CT molecular complexity index is 1790. The number of aliphatic carboxylic acids is 1. The van der Waals surface area contributed by atoms with Crippen molar-refractivity contribution >= 4 is 55.3 Å². The van der Waals surface area contributed by atoms with E-state index in [0.717, 1.165) is 10.8 Å². The number of piperazine rings is 1. The second kappa shape index (κ2) is 10.7. The zero-order valence-electron chi connectivity index (χ0n) is 22.5. The Morgan fingerprint density at radius 1 is 0.762 bits per heavy atom. The van der Waals surface area contributed by atoms with Crippen molar-refractivity contribution in [3.8, 4) is 0 Å². The van der Waals surface area contributed by atoms with Gasteiger partial charge in [-0.1, -0.05) is 60.7 Å². The van der Waals surface area contributed by atoms with Crippen LogP contribution in [0.3, 0.4) is 0 Å². The van der Waals surface area contributed by atoms with Gasteiger partial charge in [-0.2, -0.15) is 4.31 Å². The first-order valence-electron chi connectivity index (χ1n) is 13.6. The number of benzene rings is 4. The number of sulfonamides is 1. The minimum atomic E-state index is -3.91. The summed E-state index contributed by atoms with van der Waals surface area (Å²) in [5.74, 6) is -3.15. The van der Waals surface area contributed by atoms with Crippen LogP contribution in [0, 0.1) is 0 Å². The highest BCUT2D eigenvalue weighted by atomic mass is 32.2. The number of fused-ring (bicyclic) bond motifs is 3. The summed E-state index contributed by atoms with van der Waals surface area (Å²) in [6.45, 7) is 0.413. The molecule has 0 aromatic heterocycles. The lowest BCUT2D eigenvalue weighted by Crippen LogP contribution is -2.51. The summed E-state index contributed by atoms with van der Waals surface area (Å²) < 4.78 is 29.3. The summed E-state index contributed by atoms with van der Waals surface area (Å²) in [7, 11) is -3.91. The molecule has 10 nitrogen and oxygen atoms in total. The SMILES string of the molecule is O=C(O)[C@H](CCC(=O)N1CCN(S(=O)(=O)c2c3ccccc3cc3ccccc23)CC1)N1C(=O)c2ccccc2C1=O. The number of imide groups is 1. The number of hydrogen-bond donors (Lipinski definition) is 1. The van der Waals surface area contributed by atoms with Crippen LogP contribution in [-0.2, 0) is 19.6 Å². The number of carboxylic acids is 1. The van der Waals surface area contributed by atoms with Crippen molar-refractivity contribution < 1.29 is 32.7 Å². The minimum absolute atomic E-state index is 0.0758. The molecule has 6 rings (SSSR count). The molecule has 2 aliphatic heterocycles. The molecule has 1 fully saturated rings. The molecule has 42 heavy (non-hydrogen) atoms. The van der Waals surface area contributed by atoms with Crippen molar-refractivity contribution in [3.05, 3.63) is 90.0 Å². The standard InChI is InChI=1S/C31H27N3O7S/c35-27(14-13-26(31(38)39)34-29(36)24-11-5-6-12-25(24)30(34)37)32-15-17-33(18-16-32)42(40,41)28-22-9-3-1-7-20(22)19-21-8-2-4-10-23(21)28/h1-12,19,26H,13-18H2,(H,38,39)/t26-/m0/s1. The van der Waals surface area contributed by atoms with E-state index in [1.165, 1.54) is 21.3 Å². The predicted molar refractivity (Wildman–Crippen MR) is 154 cm³/mol. The van der Waals surface area contributed by atoms with Gasteiger partial charge in [-0.05, 0) is 35.4 Å². The zero-order valence-corrected chi connectivity index (χ0v) is 23.3. The topological polar surface area (TPSA) is 132 Å². The Morgan fingerprint density at radius 3 is 1.79 bits per heavy atom. The van der Waals surface area contributed by atoms with E-state index in [4.69, 9.17) is 0 Å². The lowest BCUT2D eigenvalue weighted by atomic mass is 10.0. The van der Waals surface area contributed by atoms with E-state index in [0.29, 0.717) is 15.7 Å². The number of amides is 3. The zero-order chi connectivity index (χ0) is 29.6. The van der Waals surface area contributed by atoms with Crippen LogP contribution < -0.4 is 0 Å². The average Bonchev–Trinajstić information content (AvgIpc) is 3.25. The lowest BCUT2D eigenvalue weighted by Gasteiger charge is -2.34. The van der Waals surface area contributed by atoms with Gasteiger partial charge in [-0.25, -0.2) is 13.2 Å². The Balaban J connectivity index is 1.15. The highest BCUT2D eigenvalue weighted by Crippen LogP contribution is 2.34. The van der Waals surface area contributed by atoms with Gasteiger partial charge in [-0.3, -0.25) is 19.3 Å². The molecule has 0 spiro atoms. The van der Waals surface area contributed by atoms with Crippen molar-refractivity contribution in [1.29, 1.82) is 0 Å². The molecule has 1 atom stereocenters. The summed E-state index contributed by atoms with van der Waals surface area (Å²) >= 11 is 0. The molecule has 0 aliphatic carbocycles. The third-order valence-corrected chi connectivity index (χ3v) is 9.97. The van der Waals surface area contributed by atoms with Crippen LogP contribution in [0.15, 0.2) is 83.8 Å². The Labute approximate surface area is 241 Å². The number of carbonyl (C=O) groups is 4. The van der Waals surface area contributed by atoms with Crippen LogP contribution in [0.2, 0.25) is 0 Å². The van der Waals surface area contributed by atoms with Crippen LogP contribution in [-0.4, -0.2) is 83.5 Å². The number of carboxylic acid groups (broad SMARTS) is 1. The summed E-state index contributed by atoms with van der Waals surface area (Å²) in [5.41, 5.74) is 0.271. The normalized spacial score (nSPS) is 16.7. The van der Waals surface area contributed by atoms with E-state index in [1.54, 1.807) is 36.4 Å². The molecule has 0 unspecified atom stereocenters. The third-order valence-electron chi connectivity index (χ3n) is 7.96. The Kier molecular flexibility index (Phi) is 6.99. The molecular weight excluding hydrogens is 558 g/mol. The van der Waals surface area contributed by atoms with E-state index in [1.807, 2.05) is 30.3 Å². The molecule has 11 heteroatoms. The largest absolute Gasteiger partial charge is 0.480 e. The third kappa shape index (κ3) is 4.60. The first-order valence-corrected chi connectivity index (χ1v) is 15.0. The molecule has 3 amide bonds. The van der Waals surface area contributed by atoms with Crippen molar-refractivity contribution in [2.75, 3.05) is 26.2 Å². The Hall–Kier alpha value is -4.61. The number of rotatable bonds is 7. The highest BCUT2D eigenvalue weighted by Gasteiger charge is 2.43. The van der Waals surface area contributed by atoms with Crippen molar-refractivity contribution in [1.82, 2.24) is 14.1 Å². The molecule has 1 N–H and O–H groups in total. The van der Waals surface area contributed by atoms with Crippen LogP contribution in [0.5, 0.6) is 0 Å². The van der Waals surface area contributed by atoms with Gasteiger partial charge in [0.05, 0.1) is 16.0 Å². The smallest absolute Gasteiger partial charge is 0.326 e. The van der Waals surface area contributed by atoms with Crippen molar-refractivity contribution in [2.24, 2.45) is 0 Å². The van der Waals surface area contributed by atoms with E-state index in [-0.39, 0.29) is 61.0 Å². The molecule has 2 aliphatic rings. The van der Waals surface area contributed by atoms with Crippen molar-refractivity contribution in [3.63, 3.8) is 0 Å². The molecule has 4 aromatic rings. The maximum absolute atomic E-state index is 14.0. The first kappa shape index (κ1) is 27.6. The maximum atomic E-state index is 14.0. The van der Waals surface area contributed by atoms with Gasteiger partial charge in [0.2, 0.25) is 15.9 Å². The maximum Gasteiger partial charge on any atom is 0.326 e. The fraction of sp³-hybridized carbons (Fsp3) is 0.226. The van der Waals surface area contributed by atoms with Gasteiger partial charge in [0.25, 0.3) is 11.8 Å². The van der Waals surface area contributed by atoms with E-state index in [2.05, 4.69) is 0 Å². The Morgan fingerprint density at radius 2 is 1.26 bits per heavy atom. The van der Waals surface area contributed by atoms with Crippen LogP contribution in [0.25, 0.3) is 21.5 Å². The molecule has 0 saturated carbocycles. The van der Waals surface area contributed by atoms with Gasteiger partial charge < -0.3 is 10.0 Å².